The molecule has 0 spiro atoms. The average Bonchev–Trinajstić information content (AvgIpc) is 2.80. The maximum atomic E-state index is 12.3. The first-order valence-corrected chi connectivity index (χ1v) is 8.22. The summed E-state index contributed by atoms with van der Waals surface area (Å²) in [5.41, 5.74) is 6.44. The highest BCUT2D eigenvalue weighted by atomic mass is 32.1. The fourth-order valence-corrected chi connectivity index (χ4v) is 3.36. The summed E-state index contributed by atoms with van der Waals surface area (Å²) in [6.07, 6.45) is 0. The number of amides is 1. The molecule has 0 bridgehead atoms. The molecule has 1 amide bonds. The number of carbonyl (C=O) groups excluding carboxylic acids is 1. The van der Waals surface area contributed by atoms with Crippen LogP contribution in [0, 0.1) is 0 Å². The third-order valence-electron chi connectivity index (χ3n) is 3.68. The van der Waals surface area contributed by atoms with Crippen molar-refractivity contribution in [3.63, 3.8) is 0 Å². The highest BCUT2D eigenvalue weighted by molar-refractivity contribution is 7.11. The van der Waals surface area contributed by atoms with E-state index in [-0.39, 0.29) is 11.9 Å². The SMILES string of the molecule is CC(C)NC(=O)c1c(N)nsc1N1CCN(C(C)C)CC1. The van der Waals surface area contributed by atoms with Crippen LogP contribution in [-0.4, -0.2) is 53.4 Å². The molecular weight excluding hydrogens is 286 g/mol. The number of carbonyl (C=O) groups is 1. The second kappa shape index (κ2) is 6.62. The molecule has 1 aromatic heterocycles. The molecule has 1 fully saturated rings. The molecule has 21 heavy (non-hydrogen) atoms. The Hall–Kier alpha value is -1.34. The highest BCUT2D eigenvalue weighted by Crippen LogP contribution is 2.31. The number of hydrogen-bond donors (Lipinski definition) is 2. The minimum atomic E-state index is -0.127. The van der Waals surface area contributed by atoms with Crippen molar-refractivity contribution in [3.05, 3.63) is 5.56 Å². The number of aromatic nitrogens is 1. The van der Waals surface area contributed by atoms with Crippen molar-refractivity contribution in [2.75, 3.05) is 36.8 Å². The van der Waals surface area contributed by atoms with Gasteiger partial charge in [-0.3, -0.25) is 9.69 Å². The molecule has 1 aliphatic heterocycles. The predicted octanol–water partition coefficient (Wildman–Crippen LogP) is 1.39. The van der Waals surface area contributed by atoms with Crippen molar-refractivity contribution in [3.8, 4) is 0 Å². The topological polar surface area (TPSA) is 74.5 Å². The van der Waals surface area contributed by atoms with Crippen LogP contribution in [0.5, 0.6) is 0 Å². The molecule has 0 aliphatic carbocycles. The normalized spacial score (nSPS) is 16.8. The van der Waals surface area contributed by atoms with E-state index in [0.29, 0.717) is 17.4 Å². The third-order valence-corrected chi connectivity index (χ3v) is 4.60. The summed E-state index contributed by atoms with van der Waals surface area (Å²) < 4.78 is 4.18. The Kier molecular flexibility index (Phi) is 5.05. The van der Waals surface area contributed by atoms with Crippen molar-refractivity contribution in [2.45, 2.75) is 39.8 Å². The lowest BCUT2D eigenvalue weighted by molar-refractivity contribution is 0.0944. The van der Waals surface area contributed by atoms with Gasteiger partial charge in [0.2, 0.25) is 0 Å². The van der Waals surface area contributed by atoms with Crippen molar-refractivity contribution in [2.24, 2.45) is 0 Å². The number of nitrogens with two attached hydrogens (primary N) is 1. The molecule has 118 valence electrons. The second-order valence-electron chi connectivity index (χ2n) is 5.99. The lowest BCUT2D eigenvalue weighted by Gasteiger charge is -2.37. The summed E-state index contributed by atoms with van der Waals surface area (Å²) >= 11 is 1.32. The first-order valence-electron chi connectivity index (χ1n) is 7.45. The van der Waals surface area contributed by atoms with Gasteiger partial charge in [0.25, 0.3) is 5.91 Å². The minimum Gasteiger partial charge on any atom is -0.382 e. The molecule has 0 unspecified atom stereocenters. The van der Waals surface area contributed by atoms with Crippen molar-refractivity contribution in [1.29, 1.82) is 0 Å². The number of hydrogen-bond acceptors (Lipinski definition) is 6. The largest absolute Gasteiger partial charge is 0.382 e. The summed E-state index contributed by atoms with van der Waals surface area (Å²) in [6, 6.07) is 0.643. The quantitative estimate of drug-likeness (QED) is 0.879. The van der Waals surface area contributed by atoms with Crippen molar-refractivity contribution < 1.29 is 4.79 Å². The molecule has 1 aliphatic rings. The van der Waals surface area contributed by atoms with Crippen LogP contribution in [0.25, 0.3) is 0 Å². The number of nitrogen functional groups attached to an aromatic ring is 1. The van der Waals surface area contributed by atoms with Gasteiger partial charge in [0, 0.05) is 38.3 Å². The zero-order chi connectivity index (χ0) is 15.6. The van der Waals surface area contributed by atoms with E-state index in [0.717, 1.165) is 31.2 Å². The molecule has 0 saturated carbocycles. The van der Waals surface area contributed by atoms with Gasteiger partial charge in [-0.1, -0.05) is 0 Å². The summed E-state index contributed by atoms with van der Waals surface area (Å²) in [7, 11) is 0. The minimum absolute atomic E-state index is 0.0856. The van der Waals surface area contributed by atoms with Gasteiger partial charge in [-0.05, 0) is 39.2 Å². The Morgan fingerprint density at radius 1 is 1.24 bits per heavy atom. The average molecular weight is 311 g/mol. The van der Waals surface area contributed by atoms with E-state index in [1.807, 2.05) is 13.8 Å². The van der Waals surface area contributed by atoms with Gasteiger partial charge in [0.1, 0.15) is 10.6 Å². The van der Waals surface area contributed by atoms with Crippen LogP contribution >= 0.6 is 11.5 Å². The zero-order valence-electron chi connectivity index (χ0n) is 13.2. The van der Waals surface area contributed by atoms with Gasteiger partial charge >= 0.3 is 0 Å². The summed E-state index contributed by atoms with van der Waals surface area (Å²) in [5.74, 6) is 0.206. The number of piperazine rings is 1. The molecule has 2 heterocycles. The van der Waals surface area contributed by atoms with E-state index in [1.54, 1.807) is 0 Å². The fourth-order valence-electron chi connectivity index (χ4n) is 2.50. The molecule has 1 saturated heterocycles. The number of anilines is 2. The summed E-state index contributed by atoms with van der Waals surface area (Å²) in [4.78, 5) is 17.0. The van der Waals surface area contributed by atoms with Crippen LogP contribution in [0.15, 0.2) is 0 Å². The highest BCUT2D eigenvalue weighted by Gasteiger charge is 2.27. The number of rotatable bonds is 4. The van der Waals surface area contributed by atoms with Gasteiger partial charge in [-0.15, -0.1) is 0 Å². The monoisotopic (exact) mass is 311 g/mol. The second-order valence-corrected chi connectivity index (χ2v) is 6.74. The first kappa shape index (κ1) is 16.0. The standard InChI is InChI=1S/C14H25N5OS/c1-9(2)16-13(20)11-12(15)17-21-14(11)19-7-5-18(6-8-19)10(3)4/h9-10H,5-8H2,1-4H3,(H2,15,17)(H,16,20). The van der Waals surface area contributed by atoms with E-state index in [9.17, 15) is 4.79 Å². The molecule has 3 N–H and O–H groups in total. The van der Waals surface area contributed by atoms with Crippen LogP contribution in [0.1, 0.15) is 38.1 Å². The van der Waals surface area contributed by atoms with Gasteiger partial charge in [-0.2, -0.15) is 4.37 Å². The maximum Gasteiger partial charge on any atom is 0.258 e. The fraction of sp³-hybridized carbons (Fsp3) is 0.714. The van der Waals surface area contributed by atoms with E-state index in [4.69, 9.17) is 5.73 Å². The predicted molar refractivity (Wildman–Crippen MR) is 88.1 cm³/mol. The lowest BCUT2D eigenvalue weighted by Crippen LogP contribution is -2.49. The molecule has 0 aromatic carbocycles. The molecule has 1 aromatic rings. The van der Waals surface area contributed by atoms with Crippen LogP contribution in [-0.2, 0) is 0 Å². The molecular formula is C14H25N5OS. The van der Waals surface area contributed by atoms with E-state index < -0.39 is 0 Å². The first-order chi connectivity index (χ1) is 9.90. The number of nitrogens with one attached hydrogen (secondary N) is 1. The molecule has 0 radical (unpaired) electrons. The molecule has 0 atom stereocenters. The molecule has 7 heteroatoms. The molecule has 2 rings (SSSR count). The Morgan fingerprint density at radius 2 is 1.86 bits per heavy atom. The smallest absolute Gasteiger partial charge is 0.258 e. The van der Waals surface area contributed by atoms with E-state index in [2.05, 4.69) is 33.3 Å². The Morgan fingerprint density at radius 3 is 2.38 bits per heavy atom. The van der Waals surface area contributed by atoms with Crippen LogP contribution < -0.4 is 16.0 Å². The molecule has 6 nitrogen and oxygen atoms in total. The summed E-state index contributed by atoms with van der Waals surface area (Å²) in [5, 5.41) is 3.80. The Balaban J connectivity index is 2.13. The maximum absolute atomic E-state index is 12.3. The van der Waals surface area contributed by atoms with E-state index >= 15 is 0 Å². The van der Waals surface area contributed by atoms with Gasteiger partial charge in [0.15, 0.2) is 5.82 Å². The zero-order valence-corrected chi connectivity index (χ0v) is 14.0. The third kappa shape index (κ3) is 3.65. The van der Waals surface area contributed by atoms with Crippen LogP contribution in [0.4, 0.5) is 10.8 Å². The van der Waals surface area contributed by atoms with Gasteiger partial charge in [-0.25, -0.2) is 0 Å². The lowest BCUT2D eigenvalue weighted by atomic mass is 10.2. The Labute approximate surface area is 130 Å². The number of nitrogens with zero attached hydrogens (tertiary/aromatic N) is 3. The van der Waals surface area contributed by atoms with Crippen molar-refractivity contribution >= 4 is 28.3 Å². The van der Waals surface area contributed by atoms with E-state index in [1.165, 1.54) is 11.5 Å². The van der Waals surface area contributed by atoms with Crippen LogP contribution in [0.2, 0.25) is 0 Å². The van der Waals surface area contributed by atoms with Crippen molar-refractivity contribution in [1.82, 2.24) is 14.6 Å². The van der Waals surface area contributed by atoms with Gasteiger partial charge in [0.05, 0.1) is 0 Å². The van der Waals surface area contributed by atoms with Gasteiger partial charge < -0.3 is 16.0 Å². The Bertz CT molecular complexity index is 492. The summed E-state index contributed by atoms with van der Waals surface area (Å²) in [6.45, 7) is 12.1. The van der Waals surface area contributed by atoms with Crippen LogP contribution in [0.3, 0.4) is 0 Å².